The number of phenols is 1. The zero-order chi connectivity index (χ0) is 23.3. The number of rotatable bonds is 10. The van der Waals surface area contributed by atoms with Gasteiger partial charge in [0.15, 0.2) is 5.78 Å². The summed E-state index contributed by atoms with van der Waals surface area (Å²) >= 11 is 1.30. The third kappa shape index (κ3) is 5.49. The van der Waals surface area contributed by atoms with Gasteiger partial charge in [-0.05, 0) is 36.4 Å². The van der Waals surface area contributed by atoms with Crippen molar-refractivity contribution in [3.8, 4) is 11.5 Å². The van der Waals surface area contributed by atoms with E-state index in [1.807, 2.05) is 0 Å². The summed E-state index contributed by atoms with van der Waals surface area (Å²) < 4.78 is 10.4. The maximum Gasteiger partial charge on any atom is 0.347 e. The number of aromatic hydroxyl groups is 1. The first-order chi connectivity index (χ1) is 15.3. The number of phenolic OH excluding ortho intramolecular Hbond substituents is 1. The molecule has 0 aliphatic rings. The highest BCUT2D eigenvalue weighted by atomic mass is 32.2. The van der Waals surface area contributed by atoms with Crippen molar-refractivity contribution in [2.45, 2.75) is 24.1 Å². The van der Waals surface area contributed by atoms with Crippen molar-refractivity contribution in [3.63, 3.8) is 0 Å². The molecule has 0 bridgehead atoms. The number of fused-ring (bicyclic) bond motifs is 1. The Morgan fingerprint density at radius 1 is 1.19 bits per heavy atom. The second kappa shape index (κ2) is 10.3. The molecule has 0 saturated carbocycles. The molecule has 0 aliphatic carbocycles. The fraction of sp³-hybridized carbons (Fsp3) is 0.261. The molecular formula is C23H23NO7S. The quantitative estimate of drug-likeness (QED) is 0.309. The monoisotopic (exact) mass is 457 g/mol. The highest BCUT2D eigenvalue weighted by molar-refractivity contribution is 7.99. The molecule has 32 heavy (non-hydrogen) atoms. The number of thioether (sulfide) groups is 1. The van der Waals surface area contributed by atoms with Gasteiger partial charge >= 0.3 is 11.6 Å². The molecule has 1 unspecified atom stereocenters. The first-order valence-electron chi connectivity index (χ1n) is 9.83. The molecule has 0 radical (unpaired) electrons. The van der Waals surface area contributed by atoms with Gasteiger partial charge < -0.3 is 25.1 Å². The number of carbonyl (C=O) groups excluding carboxylic acids is 1. The summed E-state index contributed by atoms with van der Waals surface area (Å²) in [7, 11) is 1.50. The zero-order valence-electron chi connectivity index (χ0n) is 17.3. The highest BCUT2D eigenvalue weighted by Crippen LogP contribution is 2.38. The number of para-hydroxylation sites is 1. The number of carboxylic acid groups (broad SMARTS) is 1. The van der Waals surface area contributed by atoms with E-state index < -0.39 is 28.7 Å². The van der Waals surface area contributed by atoms with Gasteiger partial charge in [0, 0.05) is 28.7 Å². The van der Waals surface area contributed by atoms with E-state index in [1.54, 1.807) is 36.4 Å². The van der Waals surface area contributed by atoms with Crippen molar-refractivity contribution in [3.05, 3.63) is 70.1 Å². The molecule has 2 atom stereocenters. The van der Waals surface area contributed by atoms with Gasteiger partial charge in [0.05, 0.1) is 7.11 Å². The van der Waals surface area contributed by atoms with E-state index in [0.29, 0.717) is 28.0 Å². The predicted molar refractivity (Wildman–Crippen MR) is 122 cm³/mol. The van der Waals surface area contributed by atoms with Gasteiger partial charge in [0.2, 0.25) is 0 Å². The molecule has 0 spiro atoms. The van der Waals surface area contributed by atoms with Crippen molar-refractivity contribution in [2.75, 3.05) is 12.9 Å². The topological polar surface area (TPSA) is 140 Å². The largest absolute Gasteiger partial charge is 0.508 e. The molecule has 3 rings (SSSR count). The fourth-order valence-electron chi connectivity index (χ4n) is 3.17. The number of ether oxygens (including phenoxy) is 1. The second-order valence-electron chi connectivity index (χ2n) is 7.13. The summed E-state index contributed by atoms with van der Waals surface area (Å²) in [5, 5.41) is 19.3. The van der Waals surface area contributed by atoms with Gasteiger partial charge in [-0.2, -0.15) is 11.8 Å². The predicted octanol–water partition coefficient (Wildman–Crippen LogP) is 3.36. The first kappa shape index (κ1) is 23.4. The Labute approximate surface area is 188 Å². The molecule has 0 fully saturated rings. The molecule has 1 heterocycles. The average molecular weight is 458 g/mol. The Kier molecular flexibility index (Phi) is 7.55. The number of Topliss-reactive ketones (excluding diaryl/α,β-unsaturated/α-hetero) is 1. The van der Waals surface area contributed by atoms with E-state index >= 15 is 0 Å². The van der Waals surface area contributed by atoms with Crippen LogP contribution in [0.3, 0.4) is 0 Å². The molecule has 3 aromatic rings. The van der Waals surface area contributed by atoms with Crippen molar-refractivity contribution in [1.29, 1.82) is 0 Å². The molecule has 168 valence electrons. The fourth-order valence-corrected chi connectivity index (χ4v) is 4.49. The van der Waals surface area contributed by atoms with Crippen LogP contribution in [0.5, 0.6) is 11.5 Å². The van der Waals surface area contributed by atoms with Gasteiger partial charge in [-0.3, -0.25) is 9.59 Å². The minimum atomic E-state index is -1.11. The van der Waals surface area contributed by atoms with E-state index in [0.717, 1.165) is 0 Å². The van der Waals surface area contributed by atoms with Crippen LogP contribution in [0.4, 0.5) is 0 Å². The number of carboxylic acids is 1. The molecule has 0 amide bonds. The number of hydrogen-bond donors (Lipinski definition) is 3. The maximum atomic E-state index is 13.0. The lowest BCUT2D eigenvalue weighted by atomic mass is 10.0. The summed E-state index contributed by atoms with van der Waals surface area (Å²) in [5.74, 6) is -0.662. The SMILES string of the molecule is COc1ccc2cc(C(=O)CC(SCC[C@H](N)C(=O)O)c3ccccc3O)c(=O)oc2c1. The highest BCUT2D eigenvalue weighted by Gasteiger charge is 2.24. The van der Waals surface area contributed by atoms with Gasteiger partial charge in [-0.25, -0.2) is 4.79 Å². The number of methoxy groups -OCH3 is 1. The Bertz CT molecular complexity index is 1190. The van der Waals surface area contributed by atoms with Crippen molar-refractivity contribution < 1.29 is 29.0 Å². The average Bonchev–Trinajstić information content (AvgIpc) is 2.77. The number of carbonyl (C=O) groups is 2. The Morgan fingerprint density at radius 2 is 1.94 bits per heavy atom. The molecule has 1 aromatic heterocycles. The first-order valence-corrected chi connectivity index (χ1v) is 10.9. The van der Waals surface area contributed by atoms with Gasteiger partial charge in [0.1, 0.15) is 28.7 Å². The molecule has 9 heteroatoms. The zero-order valence-corrected chi connectivity index (χ0v) is 18.1. The van der Waals surface area contributed by atoms with Crippen LogP contribution in [0.15, 0.2) is 57.7 Å². The summed E-state index contributed by atoms with van der Waals surface area (Å²) in [4.78, 5) is 36.5. The van der Waals surface area contributed by atoms with Gasteiger partial charge in [-0.15, -0.1) is 0 Å². The summed E-state index contributed by atoms with van der Waals surface area (Å²) in [6.45, 7) is 0. The number of benzene rings is 2. The van der Waals surface area contributed by atoms with Crippen molar-refractivity contribution >= 4 is 34.5 Å². The Morgan fingerprint density at radius 3 is 2.62 bits per heavy atom. The maximum absolute atomic E-state index is 13.0. The smallest absolute Gasteiger partial charge is 0.347 e. The van der Waals surface area contributed by atoms with E-state index in [4.69, 9.17) is 20.0 Å². The molecule has 2 aromatic carbocycles. The number of ketones is 1. The van der Waals surface area contributed by atoms with Crippen LogP contribution >= 0.6 is 11.8 Å². The second-order valence-corrected chi connectivity index (χ2v) is 8.44. The third-order valence-electron chi connectivity index (χ3n) is 4.96. The number of hydrogen-bond acceptors (Lipinski definition) is 8. The van der Waals surface area contributed by atoms with Crippen LogP contribution < -0.4 is 16.1 Å². The van der Waals surface area contributed by atoms with Crippen LogP contribution in [0.1, 0.15) is 34.0 Å². The van der Waals surface area contributed by atoms with E-state index in [1.165, 1.54) is 31.0 Å². The molecule has 0 saturated heterocycles. The van der Waals surface area contributed by atoms with E-state index in [2.05, 4.69) is 0 Å². The van der Waals surface area contributed by atoms with Crippen LogP contribution in [-0.2, 0) is 4.79 Å². The Hall–Kier alpha value is -3.30. The number of nitrogens with two attached hydrogens (primary N) is 1. The summed E-state index contributed by atoms with van der Waals surface area (Å²) in [5.41, 5.74) is 5.54. The van der Waals surface area contributed by atoms with Crippen LogP contribution in [0.25, 0.3) is 11.0 Å². The summed E-state index contributed by atoms with van der Waals surface area (Å²) in [6, 6.07) is 12.0. The molecular weight excluding hydrogens is 434 g/mol. The lowest BCUT2D eigenvalue weighted by Gasteiger charge is -2.18. The minimum Gasteiger partial charge on any atom is -0.508 e. The van der Waals surface area contributed by atoms with E-state index in [-0.39, 0.29) is 24.2 Å². The Balaban J connectivity index is 1.85. The van der Waals surface area contributed by atoms with Crippen LogP contribution in [0.2, 0.25) is 0 Å². The normalized spacial score (nSPS) is 12.9. The minimum absolute atomic E-state index is 0.0120. The van der Waals surface area contributed by atoms with Crippen molar-refractivity contribution in [2.24, 2.45) is 5.73 Å². The third-order valence-corrected chi connectivity index (χ3v) is 6.26. The molecule has 4 N–H and O–H groups in total. The molecule has 8 nitrogen and oxygen atoms in total. The lowest BCUT2D eigenvalue weighted by Crippen LogP contribution is -2.30. The standard InChI is InChI=1S/C23H23NO7S/c1-30-14-7-6-13-10-16(23(29)31-20(13)11-14)19(26)12-21(15-4-2-3-5-18(15)25)32-9-8-17(24)22(27)28/h2-7,10-11,17,21,25H,8-9,12,24H2,1H3,(H,27,28)/t17-,21?/m0/s1. The van der Waals surface area contributed by atoms with E-state index in [9.17, 15) is 19.5 Å². The number of aliphatic carboxylic acids is 1. The van der Waals surface area contributed by atoms with Gasteiger partial charge in [-0.1, -0.05) is 18.2 Å². The van der Waals surface area contributed by atoms with Crippen LogP contribution in [0, 0.1) is 0 Å². The molecule has 0 aliphatic heterocycles. The lowest BCUT2D eigenvalue weighted by molar-refractivity contribution is -0.138. The summed E-state index contributed by atoms with van der Waals surface area (Å²) in [6.07, 6.45) is 0.106. The van der Waals surface area contributed by atoms with Gasteiger partial charge in [0.25, 0.3) is 0 Å². The van der Waals surface area contributed by atoms with Crippen LogP contribution in [-0.4, -0.2) is 40.9 Å². The van der Waals surface area contributed by atoms with Crippen molar-refractivity contribution in [1.82, 2.24) is 0 Å².